The van der Waals surface area contributed by atoms with Gasteiger partial charge in [0.25, 0.3) is 0 Å². The van der Waals surface area contributed by atoms with Crippen LogP contribution in [0.1, 0.15) is 25.7 Å². The summed E-state index contributed by atoms with van der Waals surface area (Å²) in [7, 11) is 0. The third-order valence-electron chi connectivity index (χ3n) is 6.69. The van der Waals surface area contributed by atoms with E-state index in [9.17, 15) is 0 Å². The molecule has 0 bridgehead atoms. The smallest absolute Gasteiger partial charge is 0.168 e. The number of nitrogens with zero attached hydrogens (tertiary/aromatic N) is 4. The number of rotatable bonds is 8. The van der Waals surface area contributed by atoms with Crippen LogP contribution in [0, 0.1) is 0 Å². The van der Waals surface area contributed by atoms with E-state index in [-0.39, 0.29) is 0 Å². The van der Waals surface area contributed by atoms with E-state index in [0.717, 1.165) is 72.7 Å². The standard InChI is InChI=1S/C34H36N6/c1-7-19-39(20-8-1)23-11-13-29-25-35-31-15-3-5-17-33(31)37-27-30(14-12-24-40-21-9-2-10-22-40)28-38-34-18-6-4-16-32(34)36-26-29/h1-10,15-22,25-28,35,38H,11-14,23-24H2/q+2. The number of hydrogen-bond acceptors (Lipinski definition) is 4. The van der Waals surface area contributed by atoms with Gasteiger partial charge in [0, 0.05) is 61.9 Å². The monoisotopic (exact) mass is 528 g/mol. The van der Waals surface area contributed by atoms with Crippen LogP contribution in [-0.2, 0) is 13.1 Å². The SMILES string of the molecule is C1=Nc2ccccc2NC=C(CCC[n+]2ccccc2)C=Nc2ccccc2NC=C1CCC[n+]1ccccc1. The summed E-state index contributed by atoms with van der Waals surface area (Å²) in [6.45, 7) is 1.89. The zero-order valence-electron chi connectivity index (χ0n) is 22.7. The zero-order chi connectivity index (χ0) is 27.2. The minimum absolute atomic E-state index is 0.892. The van der Waals surface area contributed by atoms with E-state index >= 15 is 0 Å². The van der Waals surface area contributed by atoms with Crippen molar-refractivity contribution in [2.45, 2.75) is 38.8 Å². The number of aliphatic imine (C=N–C) groups is 2. The number of aromatic nitrogens is 2. The van der Waals surface area contributed by atoms with Crippen LogP contribution in [0.3, 0.4) is 0 Å². The van der Waals surface area contributed by atoms with Gasteiger partial charge in [0.05, 0.1) is 22.7 Å². The van der Waals surface area contributed by atoms with E-state index in [1.807, 2.05) is 61.0 Å². The van der Waals surface area contributed by atoms with Crippen molar-refractivity contribution in [1.82, 2.24) is 0 Å². The molecular weight excluding hydrogens is 492 g/mol. The Morgan fingerprint density at radius 3 is 1.38 bits per heavy atom. The van der Waals surface area contributed by atoms with Gasteiger partial charge in [-0.05, 0) is 48.3 Å². The summed E-state index contributed by atoms with van der Waals surface area (Å²) in [5, 5.41) is 7.01. The van der Waals surface area contributed by atoms with Crippen LogP contribution in [-0.4, -0.2) is 12.4 Å². The number of para-hydroxylation sites is 4. The Bertz CT molecular complexity index is 1370. The summed E-state index contributed by atoms with van der Waals surface area (Å²) in [6.07, 6.45) is 20.3. The van der Waals surface area contributed by atoms with Gasteiger partial charge in [0.1, 0.15) is 13.1 Å². The number of pyridine rings is 2. The Kier molecular flexibility index (Phi) is 9.60. The Morgan fingerprint density at radius 2 is 0.925 bits per heavy atom. The molecule has 0 fully saturated rings. The van der Waals surface area contributed by atoms with Crippen molar-refractivity contribution in [3.05, 3.63) is 133 Å². The lowest BCUT2D eigenvalue weighted by Gasteiger charge is -2.10. The van der Waals surface area contributed by atoms with Gasteiger partial charge in [-0.25, -0.2) is 9.13 Å². The highest BCUT2D eigenvalue weighted by Crippen LogP contribution is 2.27. The lowest BCUT2D eigenvalue weighted by Crippen LogP contribution is -2.32. The van der Waals surface area contributed by atoms with Crippen molar-refractivity contribution >= 4 is 35.2 Å². The maximum Gasteiger partial charge on any atom is 0.168 e. The van der Waals surface area contributed by atoms with Crippen LogP contribution in [0.5, 0.6) is 0 Å². The van der Waals surface area contributed by atoms with Gasteiger partial charge in [-0.15, -0.1) is 0 Å². The molecule has 0 radical (unpaired) electrons. The first-order chi connectivity index (χ1) is 19.8. The van der Waals surface area contributed by atoms with Crippen molar-refractivity contribution in [2.24, 2.45) is 9.98 Å². The van der Waals surface area contributed by atoms with E-state index in [1.54, 1.807) is 0 Å². The Balaban J connectivity index is 1.38. The van der Waals surface area contributed by atoms with Gasteiger partial charge in [-0.2, -0.15) is 0 Å². The molecule has 2 aromatic carbocycles. The molecule has 1 aliphatic heterocycles. The maximum absolute atomic E-state index is 4.90. The fraction of sp³-hybridized carbons (Fsp3) is 0.176. The Labute approximate surface area is 236 Å². The first kappa shape index (κ1) is 26.8. The van der Waals surface area contributed by atoms with E-state index in [2.05, 4.69) is 93.4 Å². The molecule has 3 heterocycles. The highest BCUT2D eigenvalue weighted by Gasteiger charge is 2.06. The van der Waals surface area contributed by atoms with Gasteiger partial charge in [0.15, 0.2) is 24.8 Å². The van der Waals surface area contributed by atoms with Crippen molar-refractivity contribution in [3.63, 3.8) is 0 Å². The molecule has 2 N–H and O–H groups in total. The molecule has 40 heavy (non-hydrogen) atoms. The topological polar surface area (TPSA) is 56.5 Å². The molecule has 0 aliphatic carbocycles. The van der Waals surface area contributed by atoms with E-state index in [4.69, 9.17) is 9.98 Å². The van der Waals surface area contributed by atoms with Gasteiger partial charge in [0.2, 0.25) is 0 Å². The maximum atomic E-state index is 4.90. The summed E-state index contributed by atoms with van der Waals surface area (Å²) < 4.78 is 4.42. The second kappa shape index (κ2) is 14.4. The molecule has 5 rings (SSSR count). The molecular formula is C34H36N6+2. The normalized spacial score (nSPS) is 13.1. The lowest BCUT2D eigenvalue weighted by atomic mass is 10.1. The average molecular weight is 529 g/mol. The molecule has 0 spiro atoms. The lowest BCUT2D eigenvalue weighted by molar-refractivity contribution is -0.697. The molecule has 6 nitrogen and oxygen atoms in total. The second-order valence-corrected chi connectivity index (χ2v) is 9.71. The van der Waals surface area contributed by atoms with Crippen molar-refractivity contribution in [3.8, 4) is 0 Å². The zero-order valence-corrected chi connectivity index (χ0v) is 22.7. The minimum Gasteiger partial charge on any atom is -0.360 e. The molecule has 0 unspecified atom stereocenters. The van der Waals surface area contributed by atoms with Crippen LogP contribution in [0.2, 0.25) is 0 Å². The van der Waals surface area contributed by atoms with Crippen LogP contribution >= 0.6 is 0 Å². The van der Waals surface area contributed by atoms with E-state index in [1.165, 1.54) is 0 Å². The van der Waals surface area contributed by atoms with Crippen molar-refractivity contribution < 1.29 is 9.13 Å². The first-order valence-corrected chi connectivity index (χ1v) is 13.9. The fourth-order valence-corrected chi connectivity index (χ4v) is 4.51. The average Bonchev–Trinajstić information content (AvgIpc) is 3.01. The predicted octanol–water partition coefficient (Wildman–Crippen LogP) is 6.93. The first-order valence-electron chi connectivity index (χ1n) is 13.9. The summed E-state index contributed by atoms with van der Waals surface area (Å²) in [4.78, 5) is 9.79. The quantitative estimate of drug-likeness (QED) is 0.244. The number of fused-ring (bicyclic) bond motifs is 2. The van der Waals surface area contributed by atoms with Crippen LogP contribution < -0.4 is 19.8 Å². The summed E-state index contributed by atoms with van der Waals surface area (Å²) in [6, 6.07) is 28.6. The largest absolute Gasteiger partial charge is 0.360 e. The minimum atomic E-state index is 0.892. The molecule has 0 saturated heterocycles. The molecule has 6 heteroatoms. The highest BCUT2D eigenvalue weighted by atomic mass is 14.9. The number of hydrogen-bond donors (Lipinski definition) is 2. The number of allylic oxidation sites excluding steroid dienone is 2. The molecule has 2 aromatic heterocycles. The van der Waals surface area contributed by atoms with E-state index < -0.39 is 0 Å². The number of benzene rings is 2. The molecule has 0 atom stereocenters. The Morgan fingerprint density at radius 1 is 0.500 bits per heavy atom. The third-order valence-corrected chi connectivity index (χ3v) is 6.69. The molecule has 200 valence electrons. The van der Waals surface area contributed by atoms with Crippen LogP contribution in [0.15, 0.2) is 143 Å². The summed E-state index contributed by atoms with van der Waals surface area (Å²) in [5.41, 5.74) is 5.97. The summed E-state index contributed by atoms with van der Waals surface area (Å²) >= 11 is 0. The molecule has 0 saturated carbocycles. The number of anilines is 2. The van der Waals surface area contributed by atoms with Crippen molar-refractivity contribution in [2.75, 3.05) is 10.6 Å². The predicted molar refractivity (Wildman–Crippen MR) is 164 cm³/mol. The summed E-state index contributed by atoms with van der Waals surface area (Å²) in [5.74, 6) is 0. The van der Waals surface area contributed by atoms with E-state index in [0.29, 0.717) is 0 Å². The third kappa shape index (κ3) is 8.08. The highest BCUT2D eigenvalue weighted by molar-refractivity contribution is 5.87. The molecule has 4 aromatic rings. The van der Waals surface area contributed by atoms with Gasteiger partial charge in [-0.3, -0.25) is 9.98 Å². The number of aryl methyl sites for hydroxylation is 2. The molecule has 0 amide bonds. The Hall–Kier alpha value is -4.84. The fourth-order valence-electron chi connectivity index (χ4n) is 4.51. The van der Waals surface area contributed by atoms with Gasteiger partial charge >= 0.3 is 0 Å². The van der Waals surface area contributed by atoms with Crippen LogP contribution in [0.25, 0.3) is 0 Å². The molecule has 1 aliphatic rings. The second-order valence-electron chi connectivity index (χ2n) is 9.71. The van der Waals surface area contributed by atoms with Crippen LogP contribution in [0.4, 0.5) is 22.7 Å². The van der Waals surface area contributed by atoms with Gasteiger partial charge in [-0.1, -0.05) is 36.4 Å². The van der Waals surface area contributed by atoms with Gasteiger partial charge < -0.3 is 10.6 Å². The van der Waals surface area contributed by atoms with Crippen molar-refractivity contribution in [1.29, 1.82) is 0 Å². The number of nitrogens with one attached hydrogen (secondary N) is 2.